The number of hydrogen-bond donors (Lipinski definition) is 4. The Morgan fingerprint density at radius 2 is 1.82 bits per heavy atom. The number of amidine groups is 1. The number of esters is 1. The molecule has 0 amide bonds. The van der Waals surface area contributed by atoms with Crippen molar-refractivity contribution < 1.29 is 24.5 Å². The van der Waals surface area contributed by atoms with E-state index in [4.69, 9.17) is 26.2 Å². The summed E-state index contributed by atoms with van der Waals surface area (Å²) in [6.45, 7) is 7.36. The van der Waals surface area contributed by atoms with Crippen LogP contribution in [0, 0.1) is 5.41 Å². The van der Waals surface area contributed by atoms with Crippen molar-refractivity contribution in [2.24, 2.45) is 5.73 Å². The maximum Gasteiger partial charge on any atom is 0.330 e. The Bertz CT molecular complexity index is 231. The Morgan fingerprint density at radius 1 is 1.53 bits per heavy atom. The van der Waals surface area contributed by atoms with Gasteiger partial charge in [-0.3, -0.25) is 10.2 Å². The van der Waals surface area contributed by atoms with Gasteiger partial charge in [0, 0.05) is 13.0 Å². The molecular formula is C10H20N2O5. The van der Waals surface area contributed by atoms with E-state index in [0.717, 1.165) is 13.0 Å². The number of hydrogen-bond acceptors (Lipinski definition) is 5. The smallest absolute Gasteiger partial charge is 0.330 e. The van der Waals surface area contributed by atoms with Gasteiger partial charge in [0.25, 0.3) is 5.97 Å². The maximum atomic E-state index is 10.3. The van der Waals surface area contributed by atoms with Crippen molar-refractivity contribution in [1.82, 2.24) is 0 Å². The third kappa shape index (κ3) is 79.2. The van der Waals surface area contributed by atoms with Gasteiger partial charge in [0.15, 0.2) is 0 Å². The molecule has 0 fully saturated rings. The highest BCUT2D eigenvalue weighted by atomic mass is 16.5. The van der Waals surface area contributed by atoms with Crippen molar-refractivity contribution >= 4 is 17.8 Å². The van der Waals surface area contributed by atoms with Crippen LogP contribution in [0.2, 0.25) is 0 Å². The highest BCUT2D eigenvalue weighted by Crippen LogP contribution is 1.83. The lowest BCUT2D eigenvalue weighted by Crippen LogP contribution is -2.13. The number of carboxylic acid groups (broad SMARTS) is 1. The first-order chi connectivity index (χ1) is 7.63. The van der Waals surface area contributed by atoms with E-state index in [1.807, 2.05) is 0 Å². The number of aliphatic carboxylic acids is 1. The number of aliphatic hydroxyl groups excluding tert-OH is 1. The van der Waals surface area contributed by atoms with Crippen LogP contribution in [0.3, 0.4) is 0 Å². The lowest BCUT2D eigenvalue weighted by molar-refractivity contribution is -0.140. The number of nitrogens with two attached hydrogens (primary N) is 1. The zero-order valence-corrected chi connectivity index (χ0v) is 10.3. The molecule has 0 spiro atoms. The molecule has 0 aliphatic carbocycles. The molecular weight excluding hydrogens is 228 g/mol. The molecule has 0 aromatic heterocycles. The van der Waals surface area contributed by atoms with Gasteiger partial charge in [-0.15, -0.1) is 0 Å². The second-order valence-electron chi connectivity index (χ2n) is 2.89. The third-order valence-electron chi connectivity index (χ3n) is 0.633. The molecule has 0 aliphatic rings. The Balaban J connectivity index is -0.000000205. The van der Waals surface area contributed by atoms with Crippen molar-refractivity contribution in [3.05, 3.63) is 12.7 Å². The molecule has 0 aromatic carbocycles. The minimum absolute atomic E-state index is 0.0326. The second-order valence-corrected chi connectivity index (χ2v) is 2.89. The highest BCUT2D eigenvalue weighted by Gasteiger charge is 1.98. The molecule has 0 bridgehead atoms. The summed E-state index contributed by atoms with van der Waals surface area (Å²) in [5.41, 5.74) is 4.69. The van der Waals surface area contributed by atoms with Crippen molar-refractivity contribution in [1.29, 1.82) is 5.41 Å². The van der Waals surface area contributed by atoms with E-state index in [-0.39, 0.29) is 12.4 Å². The van der Waals surface area contributed by atoms with Gasteiger partial charge in [0.2, 0.25) is 0 Å². The average molecular weight is 248 g/mol. The highest BCUT2D eigenvalue weighted by molar-refractivity contribution is 5.81. The topological polar surface area (TPSA) is 134 Å². The predicted octanol–water partition coefficient (Wildman–Crippen LogP) is 0.130. The van der Waals surface area contributed by atoms with Crippen LogP contribution in [0.25, 0.3) is 0 Å². The molecule has 0 rings (SSSR count). The molecule has 5 N–H and O–H groups in total. The Kier molecular flexibility index (Phi) is 17.0. The number of ether oxygens (including phenoxy) is 1. The summed E-state index contributed by atoms with van der Waals surface area (Å²) in [5.74, 6) is -1.17. The van der Waals surface area contributed by atoms with Crippen LogP contribution >= 0.6 is 0 Å². The molecule has 0 radical (unpaired) electrons. The van der Waals surface area contributed by atoms with Crippen LogP contribution in [0.5, 0.6) is 0 Å². The van der Waals surface area contributed by atoms with E-state index < -0.39 is 18.0 Å². The summed E-state index contributed by atoms with van der Waals surface area (Å²) >= 11 is 0. The summed E-state index contributed by atoms with van der Waals surface area (Å²) < 4.78 is 4.45. The van der Waals surface area contributed by atoms with Crippen LogP contribution in [-0.4, -0.2) is 40.7 Å². The molecule has 0 aliphatic heterocycles. The van der Waals surface area contributed by atoms with Gasteiger partial charge < -0.3 is 20.7 Å². The van der Waals surface area contributed by atoms with Crippen LogP contribution in [0.1, 0.15) is 20.8 Å². The van der Waals surface area contributed by atoms with E-state index in [9.17, 15) is 4.79 Å². The molecule has 7 nitrogen and oxygen atoms in total. The van der Waals surface area contributed by atoms with Crippen molar-refractivity contribution in [2.75, 3.05) is 6.61 Å². The lowest BCUT2D eigenvalue weighted by atomic mass is 10.4. The number of rotatable bonds is 3. The fourth-order valence-electron chi connectivity index (χ4n) is 0.262. The van der Waals surface area contributed by atoms with Crippen LogP contribution < -0.4 is 5.73 Å². The molecule has 100 valence electrons. The maximum absolute atomic E-state index is 10.3. The van der Waals surface area contributed by atoms with Gasteiger partial charge in [0.05, 0.1) is 11.9 Å². The van der Waals surface area contributed by atoms with Crippen LogP contribution in [0.15, 0.2) is 12.7 Å². The molecule has 7 heteroatoms. The summed E-state index contributed by atoms with van der Waals surface area (Å²) in [6.07, 6.45) is 0.455. The Morgan fingerprint density at radius 3 is 2.00 bits per heavy atom. The molecule has 0 heterocycles. The first-order valence-electron chi connectivity index (χ1n) is 4.60. The van der Waals surface area contributed by atoms with E-state index >= 15 is 0 Å². The van der Waals surface area contributed by atoms with Crippen molar-refractivity contribution in [3.8, 4) is 0 Å². The van der Waals surface area contributed by atoms with Gasteiger partial charge in [0.1, 0.15) is 6.61 Å². The standard InChI is InChI=1S/C6H10O3.C2H6N2.C2H4O2/c1-3-6(8)9-4-5(2)7;2*1-2(3)4/h3,5,7H,1,4H2,2H3;1H3,(H3,3,4);1H3,(H,3,4). The van der Waals surface area contributed by atoms with Gasteiger partial charge in [-0.05, 0) is 13.8 Å². The molecule has 0 aromatic rings. The Labute approximate surface area is 100 Å². The number of carboxylic acids is 1. The zero-order valence-electron chi connectivity index (χ0n) is 10.3. The molecule has 1 unspecified atom stereocenters. The minimum Gasteiger partial charge on any atom is -0.481 e. The first kappa shape index (κ1) is 20.5. The predicted molar refractivity (Wildman–Crippen MR) is 63.7 cm³/mol. The summed E-state index contributed by atoms with van der Waals surface area (Å²) in [7, 11) is 0. The first-order valence-corrected chi connectivity index (χ1v) is 4.60. The van der Waals surface area contributed by atoms with E-state index in [1.54, 1.807) is 0 Å². The number of carbonyl (C=O) groups excluding carboxylic acids is 1. The van der Waals surface area contributed by atoms with Gasteiger partial charge in [-0.2, -0.15) is 0 Å². The largest absolute Gasteiger partial charge is 0.481 e. The second kappa shape index (κ2) is 14.1. The minimum atomic E-state index is -0.833. The molecule has 1 atom stereocenters. The van der Waals surface area contributed by atoms with E-state index in [0.29, 0.717) is 0 Å². The lowest BCUT2D eigenvalue weighted by Gasteiger charge is -2.02. The van der Waals surface area contributed by atoms with Gasteiger partial charge in [-0.25, -0.2) is 4.79 Å². The van der Waals surface area contributed by atoms with Crippen LogP contribution in [0.4, 0.5) is 0 Å². The van der Waals surface area contributed by atoms with Crippen molar-refractivity contribution in [3.63, 3.8) is 0 Å². The van der Waals surface area contributed by atoms with E-state index in [2.05, 4.69) is 11.3 Å². The molecule has 0 saturated heterocycles. The van der Waals surface area contributed by atoms with E-state index in [1.165, 1.54) is 13.8 Å². The molecule has 0 saturated carbocycles. The van der Waals surface area contributed by atoms with Gasteiger partial charge >= 0.3 is 5.97 Å². The normalized spacial score (nSPS) is 9.41. The monoisotopic (exact) mass is 248 g/mol. The summed E-state index contributed by atoms with van der Waals surface area (Å²) in [4.78, 5) is 19.3. The molecule has 17 heavy (non-hydrogen) atoms. The van der Waals surface area contributed by atoms with Crippen molar-refractivity contribution in [2.45, 2.75) is 26.9 Å². The average Bonchev–Trinajstić information content (AvgIpc) is 2.12. The summed E-state index contributed by atoms with van der Waals surface area (Å²) in [6, 6.07) is 0. The van der Waals surface area contributed by atoms with Gasteiger partial charge in [-0.1, -0.05) is 6.58 Å². The fourth-order valence-corrected chi connectivity index (χ4v) is 0.262. The fraction of sp³-hybridized carbons (Fsp3) is 0.500. The quantitative estimate of drug-likeness (QED) is 0.243. The number of aliphatic hydroxyl groups is 1. The third-order valence-corrected chi connectivity index (χ3v) is 0.633. The summed E-state index contributed by atoms with van der Waals surface area (Å²) in [5, 5.41) is 22.3. The zero-order chi connectivity index (χ0) is 14.4. The Hall–Kier alpha value is -1.89. The number of nitrogens with one attached hydrogen (secondary N) is 1. The number of carbonyl (C=O) groups is 2. The SMILES string of the molecule is C=CC(=O)OCC(C)O.CC(=N)N.CC(=O)O. The van der Waals surface area contributed by atoms with Crippen LogP contribution in [-0.2, 0) is 14.3 Å².